The summed E-state index contributed by atoms with van der Waals surface area (Å²) >= 11 is 6.13. The van der Waals surface area contributed by atoms with E-state index in [2.05, 4.69) is 4.90 Å². The molecule has 0 radical (unpaired) electrons. The first-order valence-corrected chi connectivity index (χ1v) is 8.25. The van der Waals surface area contributed by atoms with Gasteiger partial charge in [-0.25, -0.2) is 4.79 Å². The van der Waals surface area contributed by atoms with E-state index in [9.17, 15) is 4.79 Å². The summed E-state index contributed by atoms with van der Waals surface area (Å²) in [5.41, 5.74) is 8.13. The van der Waals surface area contributed by atoms with Crippen LogP contribution in [-0.2, 0) is 0 Å². The molecule has 2 saturated heterocycles. The number of piperidine rings is 1. The van der Waals surface area contributed by atoms with Gasteiger partial charge in [0.2, 0.25) is 0 Å². The maximum absolute atomic E-state index is 12.1. The lowest BCUT2D eigenvalue weighted by Crippen LogP contribution is -2.46. The van der Waals surface area contributed by atoms with Crippen LogP contribution in [0, 0.1) is 5.41 Å². The summed E-state index contributed by atoms with van der Waals surface area (Å²) in [4.78, 5) is 18.1. The quantitative estimate of drug-likeness (QED) is 0.657. The Labute approximate surface area is 141 Å². The Kier molecular flexibility index (Phi) is 4.35. The van der Waals surface area contributed by atoms with Crippen molar-refractivity contribution in [1.82, 2.24) is 9.80 Å². The zero-order valence-electron chi connectivity index (χ0n) is 13.3. The molecule has 3 N–H and O–H groups in total. The van der Waals surface area contributed by atoms with Gasteiger partial charge in [0, 0.05) is 67.4 Å². The molecule has 1 aromatic carbocycles. The Morgan fingerprint density at radius 3 is 2.52 bits per heavy atom. The number of hydrogen-bond acceptors (Lipinski definition) is 4. The fourth-order valence-corrected chi connectivity index (χ4v) is 3.69. The van der Waals surface area contributed by atoms with Crippen molar-refractivity contribution < 1.29 is 4.79 Å². The van der Waals surface area contributed by atoms with Gasteiger partial charge in [-0.15, -0.1) is 0 Å². The number of hydrogen-bond donors (Lipinski definition) is 2. The van der Waals surface area contributed by atoms with Crippen LogP contribution >= 0.6 is 11.6 Å². The molecule has 0 spiro atoms. The number of nitrogens with one attached hydrogen (secondary N) is 1. The van der Waals surface area contributed by atoms with E-state index in [0.717, 1.165) is 44.7 Å². The number of rotatable bonds is 3. The second-order valence-corrected chi connectivity index (χ2v) is 6.62. The molecule has 23 heavy (non-hydrogen) atoms. The Morgan fingerprint density at radius 2 is 1.96 bits per heavy atom. The maximum atomic E-state index is 12.1. The SMILES string of the molecule is CN1CCN(C2CCN(c3cc(Cl)cc(N)c3C=N)CC2)C1=O. The summed E-state index contributed by atoms with van der Waals surface area (Å²) in [5.74, 6) is 0. The molecule has 0 bridgehead atoms. The number of nitrogen functional groups attached to an aromatic ring is 1. The van der Waals surface area contributed by atoms with E-state index in [4.69, 9.17) is 22.7 Å². The van der Waals surface area contributed by atoms with Gasteiger partial charge in [-0.2, -0.15) is 0 Å². The normalized spacial score (nSPS) is 19.6. The average molecular weight is 336 g/mol. The number of anilines is 2. The number of likely N-dealkylation sites (N-methyl/N-ethyl adjacent to an activating group) is 1. The second kappa shape index (κ2) is 6.28. The highest BCUT2D eigenvalue weighted by Gasteiger charge is 2.33. The predicted octanol–water partition coefficient (Wildman–Crippen LogP) is 2.26. The Hall–Kier alpha value is -1.95. The van der Waals surface area contributed by atoms with Gasteiger partial charge in [0.25, 0.3) is 0 Å². The largest absolute Gasteiger partial charge is 0.398 e. The van der Waals surface area contributed by atoms with Crippen LogP contribution in [0.5, 0.6) is 0 Å². The van der Waals surface area contributed by atoms with Gasteiger partial charge in [0.1, 0.15) is 0 Å². The predicted molar refractivity (Wildman–Crippen MR) is 93.7 cm³/mol. The molecule has 2 aliphatic rings. The summed E-state index contributed by atoms with van der Waals surface area (Å²) in [5, 5.41) is 8.19. The summed E-state index contributed by atoms with van der Waals surface area (Å²) in [6.45, 7) is 3.29. The number of nitrogens with two attached hydrogens (primary N) is 1. The van der Waals surface area contributed by atoms with E-state index in [-0.39, 0.29) is 6.03 Å². The van der Waals surface area contributed by atoms with Crippen molar-refractivity contribution in [2.45, 2.75) is 18.9 Å². The molecule has 3 rings (SSSR count). The molecule has 0 saturated carbocycles. The Bertz CT molecular complexity index is 627. The van der Waals surface area contributed by atoms with Crippen LogP contribution in [0.25, 0.3) is 0 Å². The van der Waals surface area contributed by atoms with Crippen LogP contribution in [0.15, 0.2) is 12.1 Å². The second-order valence-electron chi connectivity index (χ2n) is 6.19. The number of amides is 2. The monoisotopic (exact) mass is 335 g/mol. The fraction of sp³-hybridized carbons (Fsp3) is 0.500. The first-order valence-electron chi connectivity index (χ1n) is 7.87. The van der Waals surface area contributed by atoms with Gasteiger partial charge in [0.15, 0.2) is 0 Å². The first-order chi connectivity index (χ1) is 11.0. The van der Waals surface area contributed by atoms with Crippen molar-refractivity contribution in [2.75, 3.05) is 43.9 Å². The van der Waals surface area contributed by atoms with E-state index < -0.39 is 0 Å². The summed E-state index contributed by atoms with van der Waals surface area (Å²) in [6.07, 6.45) is 3.12. The third kappa shape index (κ3) is 2.95. The van der Waals surface area contributed by atoms with Gasteiger partial charge in [-0.3, -0.25) is 0 Å². The van der Waals surface area contributed by atoms with E-state index in [1.807, 2.05) is 18.0 Å². The maximum Gasteiger partial charge on any atom is 0.320 e. The molecular formula is C16H22ClN5O. The number of benzene rings is 1. The number of carbonyl (C=O) groups excluding carboxylic acids is 1. The Morgan fingerprint density at radius 1 is 1.26 bits per heavy atom. The molecule has 2 aliphatic heterocycles. The first kappa shape index (κ1) is 15.9. The van der Waals surface area contributed by atoms with E-state index in [1.54, 1.807) is 11.0 Å². The number of urea groups is 1. The minimum Gasteiger partial charge on any atom is -0.398 e. The highest BCUT2D eigenvalue weighted by atomic mass is 35.5. The van der Waals surface area contributed by atoms with E-state index in [1.165, 1.54) is 6.21 Å². The standard InChI is InChI=1S/C16H22ClN5O/c1-20-6-7-22(16(20)23)12-2-4-21(5-3-12)15-9-11(17)8-14(19)13(15)10-18/h8-10,12,18H,2-7,19H2,1H3. The number of halogens is 1. The van der Waals surface area contributed by atoms with Crippen molar-refractivity contribution in [3.8, 4) is 0 Å². The van der Waals surface area contributed by atoms with Crippen molar-refractivity contribution in [3.63, 3.8) is 0 Å². The van der Waals surface area contributed by atoms with E-state index >= 15 is 0 Å². The lowest BCUT2D eigenvalue weighted by molar-refractivity contribution is 0.173. The molecule has 0 aliphatic carbocycles. The van der Waals surface area contributed by atoms with Crippen molar-refractivity contribution >= 4 is 35.2 Å². The zero-order valence-corrected chi connectivity index (χ0v) is 14.0. The average Bonchev–Trinajstić information content (AvgIpc) is 2.86. The number of carbonyl (C=O) groups is 1. The van der Waals surface area contributed by atoms with E-state index in [0.29, 0.717) is 22.3 Å². The van der Waals surface area contributed by atoms with Crippen LogP contribution < -0.4 is 10.6 Å². The molecule has 0 atom stereocenters. The molecule has 7 heteroatoms. The van der Waals surface area contributed by atoms with Crippen LogP contribution in [0.3, 0.4) is 0 Å². The molecule has 2 heterocycles. The molecule has 2 fully saturated rings. The third-order valence-electron chi connectivity index (χ3n) is 4.79. The molecule has 0 aromatic heterocycles. The van der Waals surface area contributed by atoms with Gasteiger partial charge in [-0.1, -0.05) is 11.6 Å². The van der Waals surface area contributed by atoms with Crippen molar-refractivity contribution in [1.29, 1.82) is 5.41 Å². The highest BCUT2D eigenvalue weighted by molar-refractivity contribution is 6.31. The smallest absolute Gasteiger partial charge is 0.320 e. The summed E-state index contributed by atoms with van der Waals surface area (Å²) < 4.78 is 0. The van der Waals surface area contributed by atoms with Gasteiger partial charge >= 0.3 is 6.03 Å². The van der Waals surface area contributed by atoms with Crippen LogP contribution in [0.4, 0.5) is 16.2 Å². The van der Waals surface area contributed by atoms with Crippen molar-refractivity contribution in [3.05, 3.63) is 22.7 Å². The lowest BCUT2D eigenvalue weighted by Gasteiger charge is -2.38. The van der Waals surface area contributed by atoms with Gasteiger partial charge in [0.05, 0.1) is 0 Å². The molecular weight excluding hydrogens is 314 g/mol. The highest BCUT2D eigenvalue weighted by Crippen LogP contribution is 2.32. The van der Waals surface area contributed by atoms with Crippen LogP contribution in [-0.4, -0.2) is 61.3 Å². The topological polar surface area (TPSA) is 76.7 Å². The summed E-state index contributed by atoms with van der Waals surface area (Å²) in [6, 6.07) is 3.98. The molecule has 0 unspecified atom stereocenters. The third-order valence-corrected chi connectivity index (χ3v) is 5.01. The van der Waals surface area contributed by atoms with Gasteiger partial charge in [-0.05, 0) is 25.0 Å². The van der Waals surface area contributed by atoms with Crippen LogP contribution in [0.2, 0.25) is 5.02 Å². The zero-order chi connectivity index (χ0) is 16.6. The minimum atomic E-state index is 0.135. The van der Waals surface area contributed by atoms with Crippen molar-refractivity contribution in [2.24, 2.45) is 0 Å². The molecule has 1 aromatic rings. The summed E-state index contributed by atoms with van der Waals surface area (Å²) in [7, 11) is 1.85. The fourth-order valence-electron chi connectivity index (χ4n) is 3.47. The minimum absolute atomic E-state index is 0.135. The molecule has 124 valence electrons. The number of nitrogens with zero attached hydrogens (tertiary/aromatic N) is 3. The van der Waals surface area contributed by atoms with Gasteiger partial charge < -0.3 is 25.8 Å². The molecule has 6 nitrogen and oxygen atoms in total. The lowest BCUT2D eigenvalue weighted by atomic mass is 10.0. The molecule has 2 amide bonds. The van der Waals surface area contributed by atoms with Crippen LogP contribution in [0.1, 0.15) is 18.4 Å². The Balaban J connectivity index is 1.72.